The van der Waals surface area contributed by atoms with Crippen molar-refractivity contribution in [2.24, 2.45) is 0 Å². The monoisotopic (exact) mass is 206 g/mol. The van der Waals surface area contributed by atoms with E-state index in [1.165, 1.54) is 32.1 Å². The topological polar surface area (TPSA) is 26.3 Å². The Morgan fingerprint density at radius 3 is 2.23 bits per heavy atom. The van der Waals surface area contributed by atoms with Crippen LogP contribution in [0.5, 0.6) is 0 Å². The van der Waals surface area contributed by atoms with E-state index in [0.717, 1.165) is 12.8 Å². The first-order valence-electron chi connectivity index (χ1n) is 5.44. The summed E-state index contributed by atoms with van der Waals surface area (Å²) in [4.78, 5) is 0. The molecule has 2 nitrogen and oxygen atoms in total. The van der Waals surface area contributed by atoms with Crippen LogP contribution in [-0.2, 0) is 9.09 Å². The average molecular weight is 206 g/mol. The van der Waals surface area contributed by atoms with E-state index in [1.54, 1.807) is 0 Å². The highest BCUT2D eigenvalue weighted by molar-refractivity contribution is 7.17. The van der Waals surface area contributed by atoms with Gasteiger partial charge in [0.05, 0.1) is 6.10 Å². The molecule has 0 saturated heterocycles. The van der Waals surface area contributed by atoms with Crippen LogP contribution in [0.4, 0.5) is 0 Å². The van der Waals surface area contributed by atoms with Gasteiger partial charge >= 0.3 is 0 Å². The molecule has 2 unspecified atom stereocenters. The van der Waals surface area contributed by atoms with Crippen LogP contribution in [0.1, 0.15) is 58.8 Å². The van der Waals surface area contributed by atoms with Crippen LogP contribution in [0.25, 0.3) is 0 Å². The van der Waals surface area contributed by atoms with Gasteiger partial charge in [-0.3, -0.25) is 4.57 Å². The Kier molecular flexibility index (Phi) is 10.4. The number of hydrogen-bond donors (Lipinski definition) is 0. The van der Waals surface area contributed by atoms with Crippen molar-refractivity contribution in [3.05, 3.63) is 0 Å². The van der Waals surface area contributed by atoms with Crippen LogP contribution in [0.2, 0.25) is 0 Å². The molecule has 2 atom stereocenters. The van der Waals surface area contributed by atoms with E-state index in [1.807, 2.05) is 0 Å². The lowest BCUT2D eigenvalue weighted by Crippen LogP contribution is -2.07. The average Bonchev–Trinajstić information content (AvgIpc) is 2.14. The molecule has 0 aromatic carbocycles. The molecular weight excluding hydrogens is 183 g/mol. The maximum atomic E-state index is 10.4. The van der Waals surface area contributed by atoms with Gasteiger partial charge in [-0.1, -0.05) is 46.0 Å². The second-order valence-corrected chi connectivity index (χ2v) is 3.96. The highest BCUT2D eigenvalue weighted by Gasteiger charge is 2.06. The second kappa shape index (κ2) is 10.3. The van der Waals surface area contributed by atoms with Crippen LogP contribution >= 0.6 is 8.69 Å². The Balaban J connectivity index is 3.47. The summed E-state index contributed by atoms with van der Waals surface area (Å²) < 4.78 is 15.6. The van der Waals surface area contributed by atoms with Crippen molar-refractivity contribution in [2.75, 3.05) is 0 Å². The maximum Gasteiger partial charge on any atom is 0.180 e. The Morgan fingerprint density at radius 1 is 1.08 bits per heavy atom. The van der Waals surface area contributed by atoms with Gasteiger partial charge in [0.15, 0.2) is 8.69 Å². The van der Waals surface area contributed by atoms with E-state index in [9.17, 15) is 4.57 Å². The third-order valence-corrected chi connectivity index (χ3v) is 2.75. The summed E-state index contributed by atoms with van der Waals surface area (Å²) in [6, 6.07) is 0. The molecule has 0 bridgehead atoms. The minimum Gasteiger partial charge on any atom is -0.329 e. The lowest BCUT2D eigenvalue weighted by molar-refractivity contribution is 0.193. The van der Waals surface area contributed by atoms with Crippen LogP contribution < -0.4 is 0 Å². The van der Waals surface area contributed by atoms with Crippen molar-refractivity contribution in [3.63, 3.8) is 0 Å². The molecule has 0 spiro atoms. The van der Waals surface area contributed by atoms with E-state index in [-0.39, 0.29) is 6.10 Å². The standard InChI is InChI=1S/C10H23O2P/c1-3-5-7-9-10(12-13-11)8-6-4-2/h10H,3-9,13H2,1-2H3. The second-order valence-electron chi connectivity index (χ2n) is 3.49. The molecule has 13 heavy (non-hydrogen) atoms. The molecule has 0 rings (SSSR count). The first-order chi connectivity index (χ1) is 6.35. The molecule has 0 aromatic rings. The van der Waals surface area contributed by atoms with Crippen molar-refractivity contribution in [1.82, 2.24) is 0 Å². The van der Waals surface area contributed by atoms with Gasteiger partial charge in [0, 0.05) is 0 Å². The summed E-state index contributed by atoms with van der Waals surface area (Å²) in [5.74, 6) is 0. The molecule has 0 aliphatic carbocycles. The predicted molar refractivity (Wildman–Crippen MR) is 58.9 cm³/mol. The van der Waals surface area contributed by atoms with Gasteiger partial charge in [-0.25, -0.2) is 0 Å². The highest BCUT2D eigenvalue weighted by atomic mass is 31.1. The summed E-state index contributed by atoms with van der Waals surface area (Å²) in [6.45, 7) is 4.37. The molecule has 0 N–H and O–H groups in total. The first kappa shape index (κ1) is 13.2. The normalized spacial score (nSPS) is 14.0. The van der Waals surface area contributed by atoms with Crippen molar-refractivity contribution in [3.8, 4) is 0 Å². The van der Waals surface area contributed by atoms with Crippen molar-refractivity contribution in [1.29, 1.82) is 0 Å². The molecule has 80 valence electrons. The number of unbranched alkanes of at least 4 members (excludes halogenated alkanes) is 3. The van der Waals surface area contributed by atoms with Crippen molar-refractivity contribution < 1.29 is 9.09 Å². The van der Waals surface area contributed by atoms with E-state index in [0.29, 0.717) is 0 Å². The van der Waals surface area contributed by atoms with Crippen LogP contribution in [-0.4, -0.2) is 6.10 Å². The van der Waals surface area contributed by atoms with Gasteiger partial charge in [-0.05, 0) is 12.8 Å². The fraction of sp³-hybridized carbons (Fsp3) is 1.00. The van der Waals surface area contributed by atoms with Gasteiger partial charge < -0.3 is 4.52 Å². The van der Waals surface area contributed by atoms with Crippen LogP contribution in [0, 0.1) is 0 Å². The molecular formula is C10H23O2P. The van der Waals surface area contributed by atoms with Crippen LogP contribution in [0.15, 0.2) is 0 Å². The molecule has 0 aliphatic rings. The Morgan fingerprint density at radius 2 is 1.69 bits per heavy atom. The maximum absolute atomic E-state index is 10.4. The molecule has 0 amide bonds. The van der Waals surface area contributed by atoms with E-state index >= 15 is 0 Å². The fourth-order valence-electron chi connectivity index (χ4n) is 1.41. The summed E-state index contributed by atoms with van der Waals surface area (Å²) in [6.07, 6.45) is 8.53. The number of hydrogen-bond acceptors (Lipinski definition) is 2. The first-order valence-corrected chi connectivity index (χ1v) is 6.38. The Labute approximate surface area is 83.3 Å². The third-order valence-electron chi connectivity index (χ3n) is 2.26. The highest BCUT2D eigenvalue weighted by Crippen LogP contribution is 2.17. The van der Waals surface area contributed by atoms with E-state index < -0.39 is 8.69 Å². The Hall–Kier alpha value is 0.190. The largest absolute Gasteiger partial charge is 0.329 e. The zero-order valence-electron chi connectivity index (χ0n) is 8.92. The SMILES string of the molecule is CCCCCC(CCCC)O[PH2]=O. The van der Waals surface area contributed by atoms with E-state index in [2.05, 4.69) is 13.8 Å². The third kappa shape index (κ3) is 8.52. The van der Waals surface area contributed by atoms with Crippen LogP contribution in [0.3, 0.4) is 0 Å². The van der Waals surface area contributed by atoms with Crippen molar-refractivity contribution >= 4 is 8.69 Å². The Bertz CT molecular complexity index is 117. The predicted octanol–water partition coefficient (Wildman–Crippen LogP) is 3.81. The van der Waals surface area contributed by atoms with Crippen molar-refractivity contribution in [2.45, 2.75) is 64.9 Å². The smallest absolute Gasteiger partial charge is 0.180 e. The molecule has 0 fully saturated rings. The minimum absolute atomic E-state index is 0.263. The molecule has 0 heterocycles. The quantitative estimate of drug-likeness (QED) is 0.423. The minimum atomic E-state index is -1.02. The van der Waals surface area contributed by atoms with E-state index in [4.69, 9.17) is 4.52 Å². The van der Waals surface area contributed by atoms with Gasteiger partial charge in [-0.2, -0.15) is 0 Å². The van der Waals surface area contributed by atoms with Gasteiger partial charge in [0.25, 0.3) is 0 Å². The summed E-state index contributed by atoms with van der Waals surface area (Å²) >= 11 is 0. The summed E-state index contributed by atoms with van der Waals surface area (Å²) in [5, 5.41) is 0. The number of rotatable bonds is 9. The zero-order valence-corrected chi connectivity index (χ0v) is 10.1. The summed E-state index contributed by atoms with van der Waals surface area (Å²) in [5.41, 5.74) is 0. The van der Waals surface area contributed by atoms with Gasteiger partial charge in [0.2, 0.25) is 0 Å². The van der Waals surface area contributed by atoms with Gasteiger partial charge in [-0.15, -0.1) is 0 Å². The van der Waals surface area contributed by atoms with Gasteiger partial charge in [0.1, 0.15) is 0 Å². The molecule has 3 heteroatoms. The zero-order chi connectivity index (χ0) is 9.94. The molecule has 0 aliphatic heterocycles. The molecule has 0 saturated carbocycles. The lowest BCUT2D eigenvalue weighted by atomic mass is 10.1. The molecule has 0 radical (unpaired) electrons. The summed E-state index contributed by atoms with van der Waals surface area (Å²) in [7, 11) is -1.02. The molecule has 0 aromatic heterocycles. The lowest BCUT2D eigenvalue weighted by Gasteiger charge is -2.13. The fourth-order valence-corrected chi connectivity index (χ4v) is 1.84.